The molecule has 0 fully saturated rings. The first-order valence-corrected chi connectivity index (χ1v) is 7.04. The van der Waals surface area contributed by atoms with Gasteiger partial charge in [-0.2, -0.15) is 0 Å². The Labute approximate surface area is 127 Å². The SMILES string of the molecule is N[C@H](CC(=O)Nc1ccc2c(c1)Cc1ccccc1-2)C(=O)O. The summed E-state index contributed by atoms with van der Waals surface area (Å²) in [7, 11) is 0. The maximum absolute atomic E-state index is 11.8. The molecule has 4 N–H and O–H groups in total. The highest BCUT2D eigenvalue weighted by molar-refractivity contribution is 5.94. The van der Waals surface area contributed by atoms with Crippen molar-refractivity contribution >= 4 is 17.6 Å². The lowest BCUT2D eigenvalue weighted by Crippen LogP contribution is -2.34. The summed E-state index contributed by atoms with van der Waals surface area (Å²) >= 11 is 0. The number of nitrogens with one attached hydrogen (secondary N) is 1. The highest BCUT2D eigenvalue weighted by atomic mass is 16.4. The Morgan fingerprint density at radius 1 is 1.14 bits per heavy atom. The second-order valence-electron chi connectivity index (χ2n) is 5.40. The second kappa shape index (κ2) is 5.61. The molecule has 0 aliphatic heterocycles. The Morgan fingerprint density at radius 3 is 2.64 bits per heavy atom. The first-order chi connectivity index (χ1) is 10.5. The van der Waals surface area contributed by atoms with Crippen molar-refractivity contribution in [1.29, 1.82) is 0 Å². The fraction of sp³-hybridized carbons (Fsp3) is 0.176. The number of carboxylic acids is 1. The molecule has 0 saturated carbocycles. The van der Waals surface area contributed by atoms with Crippen LogP contribution in [0.25, 0.3) is 11.1 Å². The molecule has 1 aliphatic rings. The number of carbonyl (C=O) groups excluding carboxylic acids is 1. The molecule has 1 atom stereocenters. The normalized spacial score (nSPS) is 13.1. The van der Waals surface area contributed by atoms with Gasteiger partial charge in [0.2, 0.25) is 5.91 Å². The predicted molar refractivity (Wildman–Crippen MR) is 83.5 cm³/mol. The van der Waals surface area contributed by atoms with Crippen LogP contribution < -0.4 is 11.1 Å². The van der Waals surface area contributed by atoms with Crippen LogP contribution in [0.2, 0.25) is 0 Å². The molecule has 0 heterocycles. The van der Waals surface area contributed by atoms with Crippen molar-refractivity contribution in [3.63, 3.8) is 0 Å². The van der Waals surface area contributed by atoms with Gasteiger partial charge in [-0.05, 0) is 40.8 Å². The van der Waals surface area contributed by atoms with Crippen LogP contribution in [0.1, 0.15) is 17.5 Å². The van der Waals surface area contributed by atoms with Crippen LogP contribution in [-0.4, -0.2) is 23.0 Å². The van der Waals surface area contributed by atoms with Crippen molar-refractivity contribution in [3.8, 4) is 11.1 Å². The van der Waals surface area contributed by atoms with E-state index < -0.39 is 17.9 Å². The van der Waals surface area contributed by atoms with Gasteiger partial charge < -0.3 is 16.2 Å². The quantitative estimate of drug-likeness (QED) is 0.686. The molecule has 0 bridgehead atoms. The van der Waals surface area contributed by atoms with Gasteiger partial charge in [-0.25, -0.2) is 0 Å². The summed E-state index contributed by atoms with van der Waals surface area (Å²) in [6.07, 6.45) is 0.594. The molecular formula is C17H16N2O3. The van der Waals surface area contributed by atoms with E-state index in [1.807, 2.05) is 30.3 Å². The van der Waals surface area contributed by atoms with Crippen molar-refractivity contribution in [2.75, 3.05) is 5.32 Å². The van der Waals surface area contributed by atoms with Gasteiger partial charge in [0.05, 0.1) is 6.42 Å². The van der Waals surface area contributed by atoms with Gasteiger partial charge in [-0.15, -0.1) is 0 Å². The third-order valence-electron chi connectivity index (χ3n) is 3.80. The van der Waals surface area contributed by atoms with Crippen LogP contribution in [0.5, 0.6) is 0 Å². The van der Waals surface area contributed by atoms with Crippen molar-refractivity contribution in [2.45, 2.75) is 18.9 Å². The van der Waals surface area contributed by atoms with Gasteiger partial charge in [0.15, 0.2) is 0 Å². The first-order valence-electron chi connectivity index (χ1n) is 7.04. The Balaban J connectivity index is 1.75. The minimum Gasteiger partial charge on any atom is -0.480 e. The molecule has 1 aliphatic carbocycles. The van der Waals surface area contributed by atoms with Crippen molar-refractivity contribution in [1.82, 2.24) is 0 Å². The molecule has 5 nitrogen and oxygen atoms in total. The van der Waals surface area contributed by atoms with Gasteiger partial charge in [0, 0.05) is 5.69 Å². The van der Waals surface area contributed by atoms with Crippen LogP contribution in [0.4, 0.5) is 5.69 Å². The van der Waals surface area contributed by atoms with Crippen molar-refractivity contribution in [2.24, 2.45) is 5.73 Å². The second-order valence-corrected chi connectivity index (χ2v) is 5.40. The number of fused-ring (bicyclic) bond motifs is 3. The van der Waals surface area contributed by atoms with E-state index in [0.29, 0.717) is 5.69 Å². The van der Waals surface area contributed by atoms with Gasteiger partial charge >= 0.3 is 5.97 Å². The van der Waals surface area contributed by atoms with E-state index in [0.717, 1.165) is 12.0 Å². The minimum atomic E-state index is -1.18. The number of benzene rings is 2. The van der Waals surface area contributed by atoms with Crippen molar-refractivity contribution < 1.29 is 14.7 Å². The predicted octanol–water partition coefficient (Wildman–Crippen LogP) is 2.00. The Morgan fingerprint density at radius 2 is 1.86 bits per heavy atom. The average molecular weight is 296 g/mol. The Kier molecular flexibility index (Phi) is 3.65. The molecular weight excluding hydrogens is 280 g/mol. The van der Waals surface area contributed by atoms with Crippen LogP contribution in [-0.2, 0) is 16.0 Å². The fourth-order valence-electron chi connectivity index (χ4n) is 2.72. The highest BCUT2D eigenvalue weighted by Gasteiger charge is 2.19. The largest absolute Gasteiger partial charge is 0.480 e. The number of aliphatic carboxylic acids is 1. The lowest BCUT2D eigenvalue weighted by atomic mass is 10.1. The number of anilines is 1. The van der Waals surface area contributed by atoms with E-state index in [-0.39, 0.29) is 6.42 Å². The van der Waals surface area contributed by atoms with Crippen molar-refractivity contribution in [3.05, 3.63) is 53.6 Å². The summed E-state index contributed by atoms with van der Waals surface area (Å²) in [5, 5.41) is 11.4. The van der Waals surface area contributed by atoms with E-state index in [1.54, 1.807) is 0 Å². The first kappa shape index (κ1) is 14.3. The smallest absolute Gasteiger partial charge is 0.321 e. The summed E-state index contributed by atoms with van der Waals surface area (Å²) in [4.78, 5) is 22.5. The Hall–Kier alpha value is -2.66. The maximum Gasteiger partial charge on any atom is 0.321 e. The van der Waals surface area contributed by atoms with Crippen LogP contribution in [0.15, 0.2) is 42.5 Å². The molecule has 22 heavy (non-hydrogen) atoms. The van der Waals surface area contributed by atoms with Gasteiger partial charge in [0.1, 0.15) is 6.04 Å². The van der Waals surface area contributed by atoms with E-state index in [1.165, 1.54) is 16.7 Å². The lowest BCUT2D eigenvalue weighted by molar-refractivity contribution is -0.140. The molecule has 2 aromatic rings. The van der Waals surface area contributed by atoms with E-state index in [4.69, 9.17) is 10.8 Å². The third-order valence-corrected chi connectivity index (χ3v) is 3.80. The van der Waals surface area contributed by atoms with E-state index in [9.17, 15) is 9.59 Å². The monoisotopic (exact) mass is 296 g/mol. The standard InChI is InChI=1S/C17H16N2O3/c18-15(17(21)22)9-16(20)19-12-5-6-14-11(8-12)7-10-3-1-2-4-13(10)14/h1-6,8,15H,7,9,18H2,(H,19,20)(H,21,22)/t15-/m1/s1. The zero-order valence-corrected chi connectivity index (χ0v) is 11.9. The molecule has 0 saturated heterocycles. The Bertz CT molecular complexity index is 755. The molecule has 0 aromatic heterocycles. The molecule has 2 aromatic carbocycles. The third kappa shape index (κ3) is 2.71. The number of carbonyl (C=O) groups is 2. The number of amides is 1. The van der Waals surface area contributed by atoms with Crippen LogP contribution in [0.3, 0.4) is 0 Å². The van der Waals surface area contributed by atoms with Gasteiger partial charge in [-0.1, -0.05) is 30.3 Å². The minimum absolute atomic E-state index is 0.243. The molecule has 3 rings (SSSR count). The van der Waals surface area contributed by atoms with Crippen LogP contribution >= 0.6 is 0 Å². The molecule has 1 amide bonds. The van der Waals surface area contributed by atoms with E-state index >= 15 is 0 Å². The summed E-state index contributed by atoms with van der Waals surface area (Å²) in [6, 6.07) is 12.8. The lowest BCUT2D eigenvalue weighted by Gasteiger charge is -2.09. The summed E-state index contributed by atoms with van der Waals surface area (Å²) in [5.41, 5.74) is 10.8. The number of hydrogen-bond donors (Lipinski definition) is 3. The maximum atomic E-state index is 11.8. The van der Waals surface area contributed by atoms with E-state index in [2.05, 4.69) is 17.4 Å². The molecule has 5 heteroatoms. The molecule has 112 valence electrons. The zero-order chi connectivity index (χ0) is 15.7. The molecule has 0 radical (unpaired) electrons. The van der Waals surface area contributed by atoms with Gasteiger partial charge in [-0.3, -0.25) is 9.59 Å². The molecule has 0 spiro atoms. The van der Waals surface area contributed by atoms with Crippen LogP contribution in [0, 0.1) is 0 Å². The average Bonchev–Trinajstić information content (AvgIpc) is 2.84. The highest BCUT2D eigenvalue weighted by Crippen LogP contribution is 2.37. The number of hydrogen-bond acceptors (Lipinski definition) is 3. The van der Waals surface area contributed by atoms with Gasteiger partial charge in [0.25, 0.3) is 0 Å². The topological polar surface area (TPSA) is 92.4 Å². The number of nitrogens with two attached hydrogens (primary N) is 1. The molecule has 0 unspecified atom stereocenters. The number of rotatable bonds is 4. The zero-order valence-electron chi connectivity index (χ0n) is 11.9. The summed E-state index contributed by atoms with van der Waals surface area (Å²) in [5.74, 6) is -1.58. The number of carboxylic acid groups (broad SMARTS) is 1. The summed E-state index contributed by atoms with van der Waals surface area (Å²) < 4.78 is 0. The fourth-order valence-corrected chi connectivity index (χ4v) is 2.72. The summed E-state index contributed by atoms with van der Waals surface area (Å²) in [6.45, 7) is 0.